The zero-order valence-corrected chi connectivity index (χ0v) is 15.6. The van der Waals surface area contributed by atoms with Crippen LogP contribution in [-0.2, 0) is 16.0 Å². The van der Waals surface area contributed by atoms with E-state index < -0.39 is 5.60 Å². The maximum atomic E-state index is 12.5. The number of amides is 2. The van der Waals surface area contributed by atoms with Gasteiger partial charge < -0.3 is 19.6 Å². The summed E-state index contributed by atoms with van der Waals surface area (Å²) in [6, 6.07) is 7.11. The summed E-state index contributed by atoms with van der Waals surface area (Å²) in [6.45, 7) is 5.96. The lowest BCUT2D eigenvalue weighted by molar-refractivity contribution is -0.133. The number of benzene rings is 1. The molecule has 2 aliphatic rings. The van der Waals surface area contributed by atoms with Gasteiger partial charge in [-0.2, -0.15) is 0 Å². The molecule has 2 amide bonds. The van der Waals surface area contributed by atoms with E-state index in [1.807, 2.05) is 15.9 Å². The number of rotatable bonds is 5. The first-order chi connectivity index (χ1) is 12.4. The molecule has 1 aromatic carbocycles. The molecule has 0 bridgehead atoms. The van der Waals surface area contributed by atoms with Crippen LogP contribution in [-0.4, -0.2) is 58.2 Å². The van der Waals surface area contributed by atoms with E-state index in [4.69, 9.17) is 4.74 Å². The second-order valence-corrected chi connectivity index (χ2v) is 7.50. The Hall–Kier alpha value is -2.24. The number of carbonyl (C=O) groups is 2. The second kappa shape index (κ2) is 7.56. The Morgan fingerprint density at radius 1 is 1.31 bits per heavy atom. The van der Waals surface area contributed by atoms with Crippen LogP contribution in [0, 0.1) is 0 Å². The number of aromatic hydroxyl groups is 1. The van der Waals surface area contributed by atoms with E-state index in [1.54, 1.807) is 18.2 Å². The van der Waals surface area contributed by atoms with Crippen molar-refractivity contribution in [1.29, 1.82) is 0 Å². The molecule has 2 fully saturated rings. The maximum Gasteiger partial charge on any atom is 0.410 e. The zero-order chi connectivity index (χ0) is 18.7. The fraction of sp³-hybridized carbons (Fsp3) is 0.600. The number of phenolic OH excluding ortho intramolecular Hbond substituents is 1. The highest BCUT2D eigenvalue weighted by atomic mass is 16.6. The summed E-state index contributed by atoms with van der Waals surface area (Å²) < 4.78 is 5.74. The predicted molar refractivity (Wildman–Crippen MR) is 97.9 cm³/mol. The van der Waals surface area contributed by atoms with Crippen molar-refractivity contribution in [3.8, 4) is 5.75 Å². The predicted octanol–water partition coefficient (Wildman–Crippen LogP) is 2.94. The summed E-state index contributed by atoms with van der Waals surface area (Å²) in [4.78, 5) is 28.4. The monoisotopic (exact) mass is 360 g/mol. The third kappa shape index (κ3) is 3.79. The number of nitrogens with zero attached hydrogens (tertiary/aromatic N) is 2. The van der Waals surface area contributed by atoms with E-state index in [-0.39, 0.29) is 30.2 Å². The zero-order valence-electron chi connectivity index (χ0n) is 15.6. The van der Waals surface area contributed by atoms with Crippen LogP contribution in [0.25, 0.3) is 0 Å². The molecule has 6 nitrogen and oxygen atoms in total. The van der Waals surface area contributed by atoms with E-state index >= 15 is 0 Å². The number of likely N-dealkylation sites (tertiary alicyclic amines) is 1. The highest BCUT2D eigenvalue weighted by molar-refractivity contribution is 5.79. The lowest BCUT2D eigenvalue weighted by atomic mass is 9.90. The normalized spacial score (nSPS) is 20.3. The number of hydrogen-bond donors (Lipinski definition) is 1. The third-order valence-corrected chi connectivity index (χ3v) is 5.60. The summed E-state index contributed by atoms with van der Waals surface area (Å²) in [7, 11) is 0. The van der Waals surface area contributed by atoms with Crippen LogP contribution >= 0.6 is 0 Å². The van der Waals surface area contributed by atoms with E-state index in [0.717, 1.165) is 12.8 Å². The van der Waals surface area contributed by atoms with Crippen LogP contribution < -0.4 is 0 Å². The van der Waals surface area contributed by atoms with Gasteiger partial charge in [0.05, 0.1) is 13.0 Å². The smallest absolute Gasteiger partial charge is 0.410 e. The Labute approximate surface area is 154 Å². The Morgan fingerprint density at radius 2 is 2.00 bits per heavy atom. The topological polar surface area (TPSA) is 70.1 Å². The Morgan fingerprint density at radius 3 is 2.65 bits per heavy atom. The average molecular weight is 360 g/mol. The Kier molecular flexibility index (Phi) is 5.39. The van der Waals surface area contributed by atoms with Crippen LogP contribution in [0.1, 0.15) is 45.1 Å². The molecule has 0 saturated carbocycles. The van der Waals surface area contributed by atoms with E-state index in [0.29, 0.717) is 38.0 Å². The molecule has 2 heterocycles. The fourth-order valence-electron chi connectivity index (χ4n) is 3.92. The summed E-state index contributed by atoms with van der Waals surface area (Å²) in [6.07, 6.45) is 3.31. The molecule has 1 spiro atoms. The van der Waals surface area contributed by atoms with Crippen molar-refractivity contribution in [2.24, 2.45) is 0 Å². The largest absolute Gasteiger partial charge is 0.508 e. The van der Waals surface area contributed by atoms with Gasteiger partial charge in [-0.15, -0.1) is 0 Å². The average Bonchev–Trinajstić information content (AvgIpc) is 2.94. The summed E-state index contributed by atoms with van der Waals surface area (Å²) in [5.74, 6) is 0.154. The van der Waals surface area contributed by atoms with Gasteiger partial charge in [-0.3, -0.25) is 4.79 Å². The Balaban J connectivity index is 1.56. The van der Waals surface area contributed by atoms with Gasteiger partial charge in [0.15, 0.2) is 0 Å². The Bertz CT molecular complexity index is 668. The molecule has 0 aliphatic carbocycles. The van der Waals surface area contributed by atoms with Gasteiger partial charge in [-0.05, 0) is 19.4 Å². The molecular formula is C20H28N2O4. The molecule has 1 N–H and O–H groups in total. The van der Waals surface area contributed by atoms with Crippen LogP contribution in [0.5, 0.6) is 5.75 Å². The van der Waals surface area contributed by atoms with Gasteiger partial charge in [0.1, 0.15) is 11.4 Å². The van der Waals surface area contributed by atoms with Gasteiger partial charge in [-0.25, -0.2) is 4.79 Å². The summed E-state index contributed by atoms with van der Waals surface area (Å²) in [5.41, 5.74) is 0.190. The number of para-hydroxylation sites is 1. The number of piperidine rings is 1. The molecular weight excluding hydrogens is 332 g/mol. The van der Waals surface area contributed by atoms with Crippen LogP contribution in [0.15, 0.2) is 24.3 Å². The third-order valence-electron chi connectivity index (χ3n) is 5.60. The summed E-state index contributed by atoms with van der Waals surface area (Å²) in [5, 5.41) is 9.85. The van der Waals surface area contributed by atoms with E-state index in [1.165, 1.54) is 0 Å². The minimum Gasteiger partial charge on any atom is -0.508 e. The first kappa shape index (κ1) is 18.5. The highest BCUT2D eigenvalue weighted by Gasteiger charge is 2.48. The van der Waals surface area contributed by atoms with Gasteiger partial charge in [0, 0.05) is 37.5 Å². The van der Waals surface area contributed by atoms with Crippen molar-refractivity contribution >= 4 is 12.0 Å². The van der Waals surface area contributed by atoms with Crippen LogP contribution in [0.2, 0.25) is 0 Å². The van der Waals surface area contributed by atoms with Crippen molar-refractivity contribution in [3.05, 3.63) is 29.8 Å². The van der Waals surface area contributed by atoms with Gasteiger partial charge in [-0.1, -0.05) is 31.5 Å². The first-order valence-electron chi connectivity index (χ1n) is 9.48. The van der Waals surface area contributed by atoms with Crippen molar-refractivity contribution in [2.45, 2.75) is 57.6 Å². The number of phenols is 1. The highest BCUT2D eigenvalue weighted by Crippen LogP contribution is 2.35. The van der Waals surface area contributed by atoms with Crippen molar-refractivity contribution < 1.29 is 19.4 Å². The standard InChI is InChI=1S/C20H28N2O4/c1-3-6-15(2)22-14-20(26-19(22)25)9-11-21(12-10-20)18(24)13-16-7-4-5-8-17(16)23/h4-5,7-8,15,23H,3,6,9-14H2,1-2H3/t15-/m0/s1. The number of hydrogen-bond acceptors (Lipinski definition) is 4. The SMILES string of the molecule is CCC[C@H](C)N1CC2(CCN(C(=O)Cc3ccccc3O)CC2)OC1=O. The summed E-state index contributed by atoms with van der Waals surface area (Å²) >= 11 is 0. The van der Waals surface area contributed by atoms with Crippen molar-refractivity contribution in [3.63, 3.8) is 0 Å². The molecule has 0 radical (unpaired) electrons. The van der Waals surface area contributed by atoms with Crippen molar-refractivity contribution in [1.82, 2.24) is 9.80 Å². The molecule has 0 unspecified atom stereocenters. The first-order valence-corrected chi connectivity index (χ1v) is 9.48. The molecule has 0 aromatic heterocycles. The van der Waals surface area contributed by atoms with Gasteiger partial charge >= 0.3 is 6.09 Å². The lowest BCUT2D eigenvalue weighted by Gasteiger charge is -2.37. The molecule has 2 saturated heterocycles. The quantitative estimate of drug-likeness (QED) is 0.876. The van der Waals surface area contributed by atoms with E-state index in [2.05, 4.69) is 13.8 Å². The van der Waals surface area contributed by atoms with E-state index in [9.17, 15) is 14.7 Å². The molecule has 142 valence electrons. The van der Waals surface area contributed by atoms with Gasteiger partial charge in [0.25, 0.3) is 0 Å². The minimum absolute atomic E-state index is 0.00174. The van der Waals surface area contributed by atoms with Crippen molar-refractivity contribution in [2.75, 3.05) is 19.6 Å². The lowest BCUT2D eigenvalue weighted by Crippen LogP contribution is -2.49. The van der Waals surface area contributed by atoms with Gasteiger partial charge in [0.2, 0.25) is 5.91 Å². The molecule has 2 aliphatic heterocycles. The molecule has 3 rings (SSSR count). The minimum atomic E-state index is -0.454. The second-order valence-electron chi connectivity index (χ2n) is 7.50. The fourth-order valence-corrected chi connectivity index (χ4v) is 3.92. The number of carbonyl (C=O) groups excluding carboxylic acids is 2. The van der Waals surface area contributed by atoms with Crippen LogP contribution in [0.3, 0.4) is 0 Å². The molecule has 1 aromatic rings. The van der Waals surface area contributed by atoms with Crippen LogP contribution in [0.4, 0.5) is 4.79 Å². The molecule has 1 atom stereocenters. The molecule has 26 heavy (non-hydrogen) atoms. The maximum absolute atomic E-state index is 12.5. The number of ether oxygens (including phenoxy) is 1. The molecule has 6 heteroatoms.